The lowest BCUT2D eigenvalue weighted by Gasteiger charge is -2.44. The number of amides is 3. The largest absolute Gasteiger partial charge is 0.454 e. The summed E-state index contributed by atoms with van der Waals surface area (Å²) in [5.74, 6) is 1.30. The Morgan fingerprint density at radius 2 is 1.75 bits per heavy atom. The summed E-state index contributed by atoms with van der Waals surface area (Å²) in [5, 5.41) is 13.4. The van der Waals surface area contributed by atoms with Crippen LogP contribution in [0.4, 0.5) is 16.2 Å². The van der Waals surface area contributed by atoms with Gasteiger partial charge in [-0.25, -0.2) is 4.79 Å². The highest BCUT2D eigenvalue weighted by molar-refractivity contribution is 5.90. The van der Waals surface area contributed by atoms with Crippen LogP contribution in [0.3, 0.4) is 0 Å². The Hall–Kier alpha value is -3.54. The fraction of sp³-hybridized carbons (Fsp3) is 0.517. The molecule has 4 atom stereocenters. The van der Waals surface area contributed by atoms with Gasteiger partial charge in [-0.2, -0.15) is 0 Å². The third-order valence-electron chi connectivity index (χ3n) is 8.02. The van der Waals surface area contributed by atoms with Crippen molar-refractivity contribution in [2.45, 2.75) is 43.6 Å². The molecule has 4 heterocycles. The van der Waals surface area contributed by atoms with E-state index in [1.807, 2.05) is 23.1 Å². The highest BCUT2D eigenvalue weighted by Crippen LogP contribution is 2.35. The molecule has 3 saturated heterocycles. The predicted octanol–water partition coefficient (Wildman–Crippen LogP) is 2.30. The van der Waals surface area contributed by atoms with E-state index in [0.29, 0.717) is 49.5 Å². The van der Waals surface area contributed by atoms with Gasteiger partial charge in [0.2, 0.25) is 12.7 Å². The van der Waals surface area contributed by atoms with Crippen molar-refractivity contribution in [3.63, 3.8) is 0 Å². The van der Waals surface area contributed by atoms with Gasteiger partial charge in [-0.05, 0) is 37.1 Å². The SMILES string of the molecule is O=C(C[C@H]1CC[C@@H]2[C@H](COC[C@@H](O)CN2C(=O)Nc2ccc3c(c2)OCO3)O1)N1CCN(c2ccccc2)CC1. The number of nitrogens with zero attached hydrogens (tertiary/aromatic N) is 3. The van der Waals surface area contributed by atoms with E-state index >= 15 is 0 Å². The van der Waals surface area contributed by atoms with Crippen LogP contribution in [0.2, 0.25) is 0 Å². The third-order valence-corrected chi connectivity index (χ3v) is 8.02. The first-order valence-corrected chi connectivity index (χ1v) is 14.0. The molecule has 2 N–H and O–H groups in total. The quantitative estimate of drug-likeness (QED) is 0.594. The molecule has 2 aromatic rings. The van der Waals surface area contributed by atoms with Crippen LogP contribution in [-0.2, 0) is 14.3 Å². The molecule has 0 bridgehead atoms. The number of benzene rings is 2. The zero-order chi connectivity index (χ0) is 27.5. The first kappa shape index (κ1) is 26.7. The lowest BCUT2D eigenvalue weighted by Crippen LogP contribution is -2.58. The average molecular weight is 553 g/mol. The minimum atomic E-state index is -0.808. The minimum Gasteiger partial charge on any atom is -0.454 e. The number of piperazine rings is 1. The standard InChI is InChI=1S/C29H36N4O7/c34-22-16-33(29(36)30-20-6-9-25-26(14-20)39-19-38-25)24-8-7-23(40-27(24)18-37-17-22)15-28(35)32-12-10-31(11-13-32)21-4-2-1-3-5-21/h1-6,9,14,22-24,27,34H,7-8,10-13,15-19H2,(H,30,36)/t22-,23+,24+,27-/m0/s1. The number of rotatable bonds is 4. The first-order chi connectivity index (χ1) is 19.5. The molecular formula is C29H36N4O7. The van der Waals surface area contributed by atoms with E-state index in [9.17, 15) is 14.7 Å². The maximum Gasteiger partial charge on any atom is 0.322 e. The molecule has 4 aliphatic rings. The lowest BCUT2D eigenvalue weighted by molar-refractivity contribution is -0.154. The Morgan fingerprint density at radius 3 is 2.58 bits per heavy atom. The van der Waals surface area contributed by atoms with Gasteiger partial charge in [-0.3, -0.25) is 4.79 Å². The highest BCUT2D eigenvalue weighted by atomic mass is 16.7. The summed E-state index contributed by atoms with van der Waals surface area (Å²) in [5.41, 5.74) is 1.75. The second-order valence-corrected chi connectivity index (χ2v) is 10.7. The Morgan fingerprint density at radius 1 is 0.950 bits per heavy atom. The fourth-order valence-corrected chi connectivity index (χ4v) is 5.92. The monoisotopic (exact) mass is 552 g/mol. The molecule has 0 saturated carbocycles. The Balaban J connectivity index is 1.05. The second kappa shape index (κ2) is 11.9. The van der Waals surface area contributed by atoms with Crippen LogP contribution in [0.25, 0.3) is 0 Å². The number of fused-ring (bicyclic) bond motifs is 2. The minimum absolute atomic E-state index is 0.0933. The number of ether oxygens (including phenoxy) is 4. The molecule has 3 fully saturated rings. The third kappa shape index (κ3) is 5.96. The summed E-state index contributed by atoms with van der Waals surface area (Å²) in [4.78, 5) is 32.4. The van der Waals surface area contributed by atoms with Crippen LogP contribution in [0.15, 0.2) is 48.5 Å². The zero-order valence-electron chi connectivity index (χ0n) is 22.4. The molecule has 40 heavy (non-hydrogen) atoms. The average Bonchev–Trinajstić information content (AvgIpc) is 3.44. The van der Waals surface area contributed by atoms with Crippen LogP contribution in [-0.4, -0.2) is 104 Å². The number of carbonyl (C=O) groups excluding carboxylic acids is 2. The Labute approximate surface area is 233 Å². The van der Waals surface area contributed by atoms with Crippen LogP contribution >= 0.6 is 0 Å². The van der Waals surface area contributed by atoms with Gasteiger partial charge in [0.1, 0.15) is 6.10 Å². The van der Waals surface area contributed by atoms with E-state index in [-0.39, 0.29) is 50.6 Å². The molecule has 214 valence electrons. The number of aliphatic hydroxyl groups is 1. The van der Waals surface area contributed by atoms with Crippen molar-refractivity contribution in [1.82, 2.24) is 9.80 Å². The Bertz CT molecular complexity index is 1190. The topological polar surface area (TPSA) is 113 Å². The van der Waals surface area contributed by atoms with E-state index in [1.165, 1.54) is 5.69 Å². The van der Waals surface area contributed by atoms with Gasteiger partial charge in [0.15, 0.2) is 11.5 Å². The summed E-state index contributed by atoms with van der Waals surface area (Å²) in [6.45, 7) is 3.59. The number of carbonyl (C=O) groups is 2. The molecule has 0 radical (unpaired) electrons. The van der Waals surface area contributed by atoms with Crippen molar-refractivity contribution in [1.29, 1.82) is 0 Å². The van der Waals surface area contributed by atoms with Gasteiger partial charge in [0.05, 0.1) is 44.4 Å². The molecule has 11 nitrogen and oxygen atoms in total. The lowest BCUT2D eigenvalue weighted by atomic mass is 9.94. The Kier molecular flexibility index (Phi) is 7.94. The fourth-order valence-electron chi connectivity index (χ4n) is 5.92. The summed E-state index contributed by atoms with van der Waals surface area (Å²) in [6.07, 6.45) is 0.151. The molecular weight excluding hydrogens is 516 g/mol. The number of para-hydroxylation sites is 1. The van der Waals surface area contributed by atoms with E-state index in [1.54, 1.807) is 23.1 Å². The smallest absolute Gasteiger partial charge is 0.322 e. The zero-order valence-corrected chi connectivity index (χ0v) is 22.4. The first-order valence-electron chi connectivity index (χ1n) is 14.0. The summed E-state index contributed by atoms with van der Waals surface area (Å²) in [7, 11) is 0. The normalized spacial score (nSPS) is 26.5. The van der Waals surface area contributed by atoms with Gasteiger partial charge in [0, 0.05) is 43.6 Å². The van der Waals surface area contributed by atoms with Crippen LogP contribution in [0.1, 0.15) is 19.3 Å². The van der Waals surface area contributed by atoms with Crippen molar-refractivity contribution in [2.75, 3.05) is 62.9 Å². The van der Waals surface area contributed by atoms with E-state index in [4.69, 9.17) is 18.9 Å². The van der Waals surface area contributed by atoms with Crippen molar-refractivity contribution in [2.24, 2.45) is 0 Å². The van der Waals surface area contributed by atoms with Gasteiger partial charge in [-0.15, -0.1) is 0 Å². The molecule has 11 heteroatoms. The van der Waals surface area contributed by atoms with Crippen molar-refractivity contribution >= 4 is 23.3 Å². The highest BCUT2D eigenvalue weighted by Gasteiger charge is 2.40. The molecule has 0 aromatic heterocycles. The van der Waals surface area contributed by atoms with Crippen LogP contribution in [0, 0.1) is 0 Å². The van der Waals surface area contributed by atoms with Crippen molar-refractivity contribution < 1.29 is 33.6 Å². The van der Waals surface area contributed by atoms with Crippen LogP contribution < -0.4 is 19.7 Å². The maximum absolute atomic E-state index is 13.4. The van der Waals surface area contributed by atoms with Gasteiger partial charge >= 0.3 is 6.03 Å². The van der Waals surface area contributed by atoms with Gasteiger partial charge in [0.25, 0.3) is 0 Å². The molecule has 0 aliphatic carbocycles. The van der Waals surface area contributed by atoms with E-state index in [0.717, 1.165) is 13.1 Å². The summed E-state index contributed by atoms with van der Waals surface area (Å²) in [6, 6.07) is 14.9. The number of anilines is 2. The number of aliphatic hydroxyl groups excluding tert-OH is 1. The van der Waals surface area contributed by atoms with Crippen molar-refractivity contribution in [3.8, 4) is 11.5 Å². The molecule has 2 aromatic carbocycles. The van der Waals surface area contributed by atoms with Gasteiger partial charge in [-0.1, -0.05) is 18.2 Å². The molecule has 3 amide bonds. The molecule has 0 unspecified atom stereocenters. The van der Waals surface area contributed by atoms with Gasteiger partial charge < -0.3 is 44.1 Å². The predicted molar refractivity (Wildman–Crippen MR) is 147 cm³/mol. The number of urea groups is 1. The second-order valence-electron chi connectivity index (χ2n) is 10.7. The maximum atomic E-state index is 13.4. The molecule has 6 rings (SSSR count). The summed E-state index contributed by atoms with van der Waals surface area (Å²) >= 11 is 0. The van der Waals surface area contributed by atoms with E-state index in [2.05, 4.69) is 22.3 Å². The number of hydrogen-bond acceptors (Lipinski definition) is 8. The number of hydrogen-bond donors (Lipinski definition) is 2. The van der Waals surface area contributed by atoms with Crippen LogP contribution in [0.5, 0.6) is 11.5 Å². The molecule has 4 aliphatic heterocycles. The van der Waals surface area contributed by atoms with E-state index < -0.39 is 12.2 Å². The number of nitrogens with one attached hydrogen (secondary N) is 1. The number of β-amino-alcohol motifs (C(OH)–C–C–N with tert-alkyl or cyclic N) is 1. The van der Waals surface area contributed by atoms with Crippen molar-refractivity contribution in [3.05, 3.63) is 48.5 Å². The molecule has 0 spiro atoms. The summed E-state index contributed by atoms with van der Waals surface area (Å²) < 4.78 is 22.9.